The number of rotatable bonds is 13. The smallest absolute Gasteiger partial charge is 0.309 e. The molecule has 0 unspecified atom stereocenters. The van der Waals surface area contributed by atoms with E-state index in [2.05, 4.69) is 0 Å². The Morgan fingerprint density at radius 3 is 1.97 bits per heavy atom. The number of unbranched alkanes of at least 4 members (excludes halogenated alkanes) is 3. The number of hydrogen-bond acceptors (Lipinski definition) is 4. The van der Waals surface area contributed by atoms with Crippen molar-refractivity contribution in [3.05, 3.63) is 23.3 Å². The third kappa shape index (κ3) is 6.38. The molecular formula is C23H34O6. The van der Waals surface area contributed by atoms with Crippen molar-refractivity contribution in [2.24, 2.45) is 10.8 Å². The molecule has 4 N–H and O–H groups in total. The van der Waals surface area contributed by atoms with E-state index < -0.39 is 22.8 Å². The van der Waals surface area contributed by atoms with E-state index in [0.29, 0.717) is 36.8 Å². The monoisotopic (exact) mass is 406 g/mol. The minimum absolute atomic E-state index is 0.129. The number of aromatic hydroxyl groups is 2. The van der Waals surface area contributed by atoms with Gasteiger partial charge < -0.3 is 20.4 Å². The van der Waals surface area contributed by atoms with Gasteiger partial charge in [-0.15, -0.1) is 0 Å². The van der Waals surface area contributed by atoms with Gasteiger partial charge in [-0.3, -0.25) is 9.59 Å². The summed E-state index contributed by atoms with van der Waals surface area (Å²) in [6.07, 6.45) is 8.06. The summed E-state index contributed by atoms with van der Waals surface area (Å²) in [5, 5.41) is 38.9. The van der Waals surface area contributed by atoms with Gasteiger partial charge in [0.15, 0.2) is 0 Å². The van der Waals surface area contributed by atoms with E-state index in [1.807, 2.05) is 0 Å². The Labute approximate surface area is 172 Å². The SMILES string of the molecule is CC(C)(CCCCCc1cc(O)cc(CCCCC2(C(=O)O)CC2)c1O)C(=O)O. The normalized spacial score (nSPS) is 15.2. The number of aliphatic carboxylic acids is 2. The Balaban J connectivity index is 1.80. The molecular weight excluding hydrogens is 372 g/mol. The third-order valence-electron chi connectivity index (χ3n) is 6.24. The quantitative estimate of drug-likeness (QED) is 0.274. The predicted molar refractivity (Wildman–Crippen MR) is 110 cm³/mol. The second kappa shape index (κ2) is 9.51. The van der Waals surface area contributed by atoms with Gasteiger partial charge in [0.1, 0.15) is 11.5 Å². The summed E-state index contributed by atoms with van der Waals surface area (Å²) < 4.78 is 0. The summed E-state index contributed by atoms with van der Waals surface area (Å²) in [5.41, 5.74) is 0.176. The molecule has 2 rings (SSSR count). The summed E-state index contributed by atoms with van der Waals surface area (Å²) in [6, 6.07) is 3.17. The lowest BCUT2D eigenvalue weighted by Crippen LogP contribution is -2.23. The van der Waals surface area contributed by atoms with Crippen molar-refractivity contribution in [3.63, 3.8) is 0 Å². The maximum atomic E-state index is 11.2. The molecule has 1 aliphatic carbocycles. The standard InChI is InChI=1S/C23H34O6/c1-22(2,20(26)27)10-6-3-4-8-16-14-18(24)15-17(19(16)25)9-5-7-11-23(12-13-23)21(28)29/h14-15,24-25H,3-13H2,1-2H3,(H,26,27)(H,28,29). The summed E-state index contributed by atoms with van der Waals surface area (Å²) in [6.45, 7) is 3.45. The van der Waals surface area contributed by atoms with Gasteiger partial charge in [-0.2, -0.15) is 0 Å². The first-order valence-corrected chi connectivity index (χ1v) is 10.6. The van der Waals surface area contributed by atoms with E-state index in [-0.39, 0.29) is 11.5 Å². The lowest BCUT2D eigenvalue weighted by atomic mass is 9.87. The number of phenolic OH excluding ortho intramolecular Hbond substituents is 2. The zero-order chi connectivity index (χ0) is 21.7. The van der Waals surface area contributed by atoms with Gasteiger partial charge in [-0.1, -0.05) is 19.3 Å². The van der Waals surface area contributed by atoms with E-state index in [1.54, 1.807) is 26.0 Å². The summed E-state index contributed by atoms with van der Waals surface area (Å²) in [5.74, 6) is -1.15. The molecule has 6 heteroatoms. The molecule has 0 aromatic heterocycles. The maximum absolute atomic E-state index is 11.2. The van der Waals surface area contributed by atoms with Gasteiger partial charge in [0.05, 0.1) is 10.8 Å². The van der Waals surface area contributed by atoms with E-state index >= 15 is 0 Å². The molecule has 0 bridgehead atoms. The number of phenols is 2. The largest absolute Gasteiger partial charge is 0.508 e. The Kier molecular flexibility index (Phi) is 7.55. The van der Waals surface area contributed by atoms with Crippen molar-refractivity contribution in [2.45, 2.75) is 84.5 Å². The lowest BCUT2D eigenvalue weighted by molar-refractivity contribution is -0.147. The molecule has 0 heterocycles. The van der Waals surface area contributed by atoms with Gasteiger partial charge in [0.2, 0.25) is 0 Å². The number of aryl methyl sites for hydroxylation is 2. The van der Waals surface area contributed by atoms with Gasteiger partial charge in [0.25, 0.3) is 0 Å². The fourth-order valence-corrected chi connectivity index (χ4v) is 3.79. The minimum Gasteiger partial charge on any atom is -0.508 e. The van der Waals surface area contributed by atoms with Gasteiger partial charge in [-0.05, 0) is 88.5 Å². The lowest BCUT2D eigenvalue weighted by Gasteiger charge is -2.18. The highest BCUT2D eigenvalue weighted by atomic mass is 16.4. The highest BCUT2D eigenvalue weighted by molar-refractivity contribution is 5.77. The molecule has 0 amide bonds. The first-order chi connectivity index (χ1) is 13.6. The van der Waals surface area contributed by atoms with Crippen molar-refractivity contribution in [3.8, 4) is 11.5 Å². The molecule has 1 aromatic rings. The molecule has 6 nitrogen and oxygen atoms in total. The minimum atomic E-state index is -0.788. The fraction of sp³-hybridized carbons (Fsp3) is 0.652. The van der Waals surface area contributed by atoms with E-state index in [4.69, 9.17) is 5.11 Å². The van der Waals surface area contributed by atoms with Crippen molar-refractivity contribution in [1.82, 2.24) is 0 Å². The van der Waals surface area contributed by atoms with Crippen LogP contribution in [0.25, 0.3) is 0 Å². The predicted octanol–water partition coefficient (Wildman–Crippen LogP) is 4.89. The van der Waals surface area contributed by atoms with Crippen LogP contribution in [-0.4, -0.2) is 32.4 Å². The summed E-state index contributed by atoms with van der Waals surface area (Å²) in [4.78, 5) is 22.4. The molecule has 0 spiro atoms. The van der Waals surface area contributed by atoms with Crippen LogP contribution >= 0.6 is 0 Å². The fourth-order valence-electron chi connectivity index (χ4n) is 3.79. The highest BCUT2D eigenvalue weighted by Crippen LogP contribution is 2.50. The summed E-state index contributed by atoms with van der Waals surface area (Å²) >= 11 is 0. The maximum Gasteiger partial charge on any atom is 0.309 e. The van der Waals surface area contributed by atoms with Crippen LogP contribution < -0.4 is 0 Å². The van der Waals surface area contributed by atoms with E-state index in [0.717, 1.165) is 44.9 Å². The zero-order valence-electron chi connectivity index (χ0n) is 17.5. The third-order valence-corrected chi connectivity index (χ3v) is 6.24. The molecule has 1 saturated carbocycles. The van der Waals surface area contributed by atoms with Crippen LogP contribution in [0.5, 0.6) is 11.5 Å². The average Bonchev–Trinajstić information content (AvgIpc) is 3.42. The van der Waals surface area contributed by atoms with Crippen LogP contribution in [0.1, 0.15) is 82.8 Å². The van der Waals surface area contributed by atoms with Crippen LogP contribution in [0.4, 0.5) is 0 Å². The Bertz CT molecular complexity index is 733. The molecule has 1 fully saturated rings. The Morgan fingerprint density at radius 2 is 1.48 bits per heavy atom. The number of hydrogen-bond donors (Lipinski definition) is 4. The van der Waals surface area contributed by atoms with E-state index in [9.17, 15) is 24.9 Å². The molecule has 29 heavy (non-hydrogen) atoms. The van der Waals surface area contributed by atoms with Crippen LogP contribution in [-0.2, 0) is 22.4 Å². The molecule has 1 aliphatic rings. The topological polar surface area (TPSA) is 115 Å². The van der Waals surface area contributed by atoms with Crippen LogP contribution in [0.2, 0.25) is 0 Å². The molecule has 0 saturated heterocycles. The van der Waals surface area contributed by atoms with Gasteiger partial charge >= 0.3 is 11.9 Å². The molecule has 0 atom stereocenters. The van der Waals surface area contributed by atoms with Crippen molar-refractivity contribution < 1.29 is 30.0 Å². The van der Waals surface area contributed by atoms with Crippen molar-refractivity contribution >= 4 is 11.9 Å². The van der Waals surface area contributed by atoms with Crippen LogP contribution in [0, 0.1) is 10.8 Å². The molecule has 0 radical (unpaired) electrons. The molecule has 1 aromatic carbocycles. The van der Waals surface area contributed by atoms with Crippen LogP contribution in [0.15, 0.2) is 12.1 Å². The van der Waals surface area contributed by atoms with Gasteiger partial charge in [-0.25, -0.2) is 0 Å². The number of carboxylic acid groups (broad SMARTS) is 2. The number of benzene rings is 1. The highest BCUT2D eigenvalue weighted by Gasteiger charge is 2.49. The Hall–Kier alpha value is -2.24. The Morgan fingerprint density at radius 1 is 0.931 bits per heavy atom. The number of carbonyl (C=O) groups is 2. The first kappa shape index (κ1) is 23.0. The average molecular weight is 407 g/mol. The molecule has 162 valence electrons. The molecule has 0 aliphatic heterocycles. The van der Waals surface area contributed by atoms with Crippen molar-refractivity contribution in [1.29, 1.82) is 0 Å². The van der Waals surface area contributed by atoms with Crippen LogP contribution in [0.3, 0.4) is 0 Å². The first-order valence-electron chi connectivity index (χ1n) is 10.6. The number of carboxylic acids is 2. The second-order valence-corrected chi connectivity index (χ2v) is 9.15. The second-order valence-electron chi connectivity index (χ2n) is 9.15. The van der Waals surface area contributed by atoms with E-state index in [1.165, 1.54) is 0 Å². The van der Waals surface area contributed by atoms with Crippen molar-refractivity contribution in [2.75, 3.05) is 0 Å². The van der Waals surface area contributed by atoms with Gasteiger partial charge in [0, 0.05) is 0 Å². The zero-order valence-corrected chi connectivity index (χ0v) is 17.5. The summed E-state index contributed by atoms with van der Waals surface area (Å²) in [7, 11) is 0.